The molecule has 2 heterocycles. The Kier molecular flexibility index (Phi) is 6.76. The zero-order chi connectivity index (χ0) is 34.9. The van der Waals surface area contributed by atoms with Crippen LogP contribution in [0.15, 0.2) is 194 Å². The Balaban J connectivity index is 1.14. The van der Waals surface area contributed by atoms with E-state index in [1.165, 1.54) is 91.7 Å². The average Bonchev–Trinajstić information content (AvgIpc) is 3.78. The zero-order valence-electron chi connectivity index (χ0n) is 28.8. The lowest BCUT2D eigenvalue weighted by atomic mass is 9.98. The van der Waals surface area contributed by atoms with Crippen LogP contribution in [0.1, 0.15) is 0 Å². The van der Waals surface area contributed by atoms with Gasteiger partial charge in [0.15, 0.2) is 0 Å². The molecule has 0 N–H and O–H groups in total. The van der Waals surface area contributed by atoms with Crippen molar-refractivity contribution in [2.75, 3.05) is 4.90 Å². The molecule has 0 fully saturated rings. The number of anilines is 3. The number of fused-ring (bicyclic) bond motifs is 9. The minimum Gasteiger partial charge on any atom is -0.309 e. The second-order valence-electron chi connectivity index (χ2n) is 13.7. The van der Waals surface area contributed by atoms with E-state index in [-0.39, 0.29) is 0 Å². The standard InChI is InChI=1S/C50H32N2S/c1-2-15-36-34(14-1)32-47(39-18-4-3-17-38(36)39)51(46-25-13-27-49-50(46)42-21-8-12-26-48(42)53-49)35-30-28-33(29-31-35)37-16-5-9-22-43(37)52-44-23-10-6-19-40(44)41-20-7-11-24-45(41)52/h1-32H. The Labute approximate surface area is 311 Å². The summed E-state index contributed by atoms with van der Waals surface area (Å²) >= 11 is 1.86. The van der Waals surface area contributed by atoms with Crippen LogP contribution in [0.3, 0.4) is 0 Å². The summed E-state index contributed by atoms with van der Waals surface area (Å²) in [7, 11) is 0. The minimum absolute atomic E-state index is 1.12. The molecule has 0 spiro atoms. The summed E-state index contributed by atoms with van der Waals surface area (Å²) in [5, 5.41) is 10.1. The maximum atomic E-state index is 2.49. The van der Waals surface area contributed by atoms with Crippen molar-refractivity contribution in [2.45, 2.75) is 0 Å². The van der Waals surface area contributed by atoms with Crippen LogP contribution in [-0.4, -0.2) is 4.57 Å². The normalized spacial score (nSPS) is 11.8. The van der Waals surface area contributed by atoms with Gasteiger partial charge in [0.1, 0.15) is 0 Å². The molecule has 3 heteroatoms. The smallest absolute Gasteiger partial charge is 0.0555 e. The van der Waals surface area contributed by atoms with Crippen LogP contribution in [0, 0.1) is 0 Å². The van der Waals surface area contributed by atoms with E-state index in [4.69, 9.17) is 0 Å². The van der Waals surface area contributed by atoms with Crippen molar-refractivity contribution in [2.24, 2.45) is 0 Å². The van der Waals surface area contributed by atoms with Gasteiger partial charge >= 0.3 is 0 Å². The summed E-state index contributed by atoms with van der Waals surface area (Å²) in [6.07, 6.45) is 0. The highest BCUT2D eigenvalue weighted by molar-refractivity contribution is 7.26. The summed E-state index contributed by atoms with van der Waals surface area (Å²) in [5.74, 6) is 0. The van der Waals surface area contributed by atoms with Crippen LogP contribution in [0.5, 0.6) is 0 Å². The minimum atomic E-state index is 1.12. The number of aromatic nitrogens is 1. The zero-order valence-corrected chi connectivity index (χ0v) is 29.6. The molecule has 2 aromatic heterocycles. The number of benzene rings is 9. The van der Waals surface area contributed by atoms with Gasteiger partial charge in [-0.05, 0) is 76.3 Å². The average molecular weight is 693 g/mol. The van der Waals surface area contributed by atoms with Crippen molar-refractivity contribution in [3.05, 3.63) is 194 Å². The van der Waals surface area contributed by atoms with E-state index in [0.29, 0.717) is 0 Å². The third kappa shape index (κ3) is 4.64. The van der Waals surface area contributed by atoms with Gasteiger partial charge < -0.3 is 9.47 Å². The molecule has 11 rings (SSSR count). The maximum Gasteiger partial charge on any atom is 0.0555 e. The van der Waals surface area contributed by atoms with Gasteiger partial charge in [0.05, 0.1) is 28.1 Å². The first-order valence-corrected chi connectivity index (χ1v) is 18.9. The lowest BCUT2D eigenvalue weighted by Gasteiger charge is -2.28. The highest BCUT2D eigenvalue weighted by Gasteiger charge is 2.22. The molecule has 0 aliphatic carbocycles. The molecule has 0 radical (unpaired) electrons. The Morgan fingerprint density at radius 3 is 1.75 bits per heavy atom. The first kappa shape index (κ1) is 30.0. The van der Waals surface area contributed by atoms with Gasteiger partial charge in [0, 0.05) is 47.6 Å². The maximum absolute atomic E-state index is 2.49. The lowest BCUT2D eigenvalue weighted by Crippen LogP contribution is -2.11. The Hall–Kier alpha value is -6.68. The van der Waals surface area contributed by atoms with Gasteiger partial charge in [0.2, 0.25) is 0 Å². The fourth-order valence-corrected chi connectivity index (χ4v) is 9.58. The molecular weight excluding hydrogens is 661 g/mol. The van der Waals surface area contributed by atoms with Crippen LogP contribution in [-0.2, 0) is 0 Å². The van der Waals surface area contributed by atoms with Crippen molar-refractivity contribution in [1.82, 2.24) is 4.57 Å². The van der Waals surface area contributed by atoms with Gasteiger partial charge in [-0.15, -0.1) is 11.3 Å². The molecule has 0 aliphatic rings. The highest BCUT2D eigenvalue weighted by atomic mass is 32.1. The summed E-state index contributed by atoms with van der Waals surface area (Å²) in [4.78, 5) is 2.49. The third-order valence-electron chi connectivity index (χ3n) is 10.8. The van der Waals surface area contributed by atoms with E-state index >= 15 is 0 Å². The lowest BCUT2D eigenvalue weighted by molar-refractivity contribution is 1.18. The van der Waals surface area contributed by atoms with Crippen LogP contribution in [0.2, 0.25) is 0 Å². The Morgan fingerprint density at radius 1 is 0.396 bits per heavy atom. The SMILES string of the molecule is c1ccc(-n2c3ccccc3c3ccccc32)c(-c2ccc(N(c3cc4ccccc4c4ccccc34)c3cccc4sc5ccccc5c34)cc2)c1. The molecule has 9 aromatic carbocycles. The van der Waals surface area contributed by atoms with E-state index < -0.39 is 0 Å². The molecule has 248 valence electrons. The predicted octanol–water partition coefficient (Wildman–Crippen LogP) is 14.6. The number of hydrogen-bond acceptors (Lipinski definition) is 2. The topological polar surface area (TPSA) is 8.17 Å². The number of nitrogens with zero attached hydrogens (tertiary/aromatic N) is 2. The van der Waals surface area contributed by atoms with Gasteiger partial charge in [-0.3, -0.25) is 0 Å². The van der Waals surface area contributed by atoms with Gasteiger partial charge in [-0.2, -0.15) is 0 Å². The highest BCUT2D eigenvalue weighted by Crippen LogP contribution is 2.48. The van der Waals surface area contributed by atoms with E-state index in [0.717, 1.165) is 5.69 Å². The molecule has 0 saturated carbocycles. The van der Waals surface area contributed by atoms with Gasteiger partial charge in [-0.1, -0.05) is 140 Å². The largest absolute Gasteiger partial charge is 0.309 e. The third-order valence-corrected chi connectivity index (χ3v) is 11.9. The number of thiophene rings is 1. The van der Waals surface area contributed by atoms with E-state index in [1.807, 2.05) is 11.3 Å². The van der Waals surface area contributed by atoms with Gasteiger partial charge in [0.25, 0.3) is 0 Å². The van der Waals surface area contributed by atoms with Crippen LogP contribution >= 0.6 is 11.3 Å². The van der Waals surface area contributed by atoms with E-state index in [9.17, 15) is 0 Å². The predicted molar refractivity (Wildman–Crippen MR) is 229 cm³/mol. The molecule has 0 unspecified atom stereocenters. The first-order valence-electron chi connectivity index (χ1n) is 18.1. The van der Waals surface area contributed by atoms with Crippen molar-refractivity contribution in [1.29, 1.82) is 0 Å². The molecule has 0 atom stereocenters. The second-order valence-corrected chi connectivity index (χ2v) is 14.8. The molecule has 0 saturated heterocycles. The Bertz CT molecular complexity index is 3130. The summed E-state index contributed by atoms with van der Waals surface area (Å²) in [6.45, 7) is 0. The molecule has 53 heavy (non-hydrogen) atoms. The number of para-hydroxylation sites is 3. The molecule has 0 amide bonds. The molecule has 11 aromatic rings. The van der Waals surface area contributed by atoms with E-state index in [2.05, 4.69) is 204 Å². The van der Waals surface area contributed by atoms with Crippen molar-refractivity contribution in [3.8, 4) is 16.8 Å². The van der Waals surface area contributed by atoms with Crippen LogP contribution in [0.4, 0.5) is 17.1 Å². The van der Waals surface area contributed by atoms with Crippen molar-refractivity contribution < 1.29 is 0 Å². The number of rotatable bonds is 5. The summed E-state index contributed by atoms with van der Waals surface area (Å²) in [6, 6.07) is 71.0. The van der Waals surface area contributed by atoms with Gasteiger partial charge in [-0.25, -0.2) is 0 Å². The Morgan fingerprint density at radius 2 is 0.981 bits per heavy atom. The fraction of sp³-hybridized carbons (Fsp3) is 0. The van der Waals surface area contributed by atoms with Crippen LogP contribution in [0.25, 0.3) is 80.3 Å². The van der Waals surface area contributed by atoms with Crippen LogP contribution < -0.4 is 4.90 Å². The van der Waals surface area contributed by atoms with Crippen molar-refractivity contribution in [3.63, 3.8) is 0 Å². The van der Waals surface area contributed by atoms with E-state index in [1.54, 1.807) is 0 Å². The second kappa shape index (κ2) is 11.9. The first-order chi connectivity index (χ1) is 26.3. The number of hydrogen-bond donors (Lipinski definition) is 0. The molecule has 0 bridgehead atoms. The summed E-state index contributed by atoms with van der Waals surface area (Å²) in [5.41, 5.74) is 9.43. The van der Waals surface area contributed by atoms with Crippen molar-refractivity contribution >= 4 is 91.9 Å². The fourth-order valence-electron chi connectivity index (χ4n) is 8.45. The summed E-state index contributed by atoms with van der Waals surface area (Å²) < 4.78 is 5.01. The molecule has 0 aliphatic heterocycles. The molecular formula is C50H32N2S. The monoisotopic (exact) mass is 692 g/mol. The molecule has 2 nitrogen and oxygen atoms in total. The quantitative estimate of drug-likeness (QED) is 0.163.